The van der Waals surface area contributed by atoms with Gasteiger partial charge in [-0.15, -0.1) is 0 Å². The minimum absolute atomic E-state index is 0.294. The van der Waals surface area contributed by atoms with Crippen LogP contribution in [0.2, 0.25) is 10.0 Å². The van der Waals surface area contributed by atoms with Gasteiger partial charge in [-0.25, -0.2) is 9.37 Å². The lowest BCUT2D eigenvalue weighted by molar-refractivity contribution is 0.628. The number of fused-ring (bicyclic) bond motifs is 1. The van der Waals surface area contributed by atoms with E-state index in [0.29, 0.717) is 16.6 Å². The second-order valence-electron chi connectivity index (χ2n) is 5.92. The Morgan fingerprint density at radius 2 is 1.88 bits per heavy atom. The summed E-state index contributed by atoms with van der Waals surface area (Å²) in [7, 11) is 0. The highest BCUT2D eigenvalue weighted by Gasteiger charge is 2.14. The van der Waals surface area contributed by atoms with Gasteiger partial charge >= 0.3 is 0 Å². The molecule has 2 heterocycles. The molecule has 4 rings (SSSR count). The molecule has 0 radical (unpaired) electrons. The number of nitrogens with two attached hydrogens (primary N) is 1. The maximum Gasteiger partial charge on any atom is 0.137 e. The van der Waals surface area contributed by atoms with Crippen molar-refractivity contribution in [1.29, 1.82) is 0 Å². The van der Waals surface area contributed by atoms with Crippen LogP contribution in [0.1, 0.15) is 5.56 Å². The number of nitrogens with zero attached hydrogens (tertiary/aromatic N) is 2. The zero-order chi connectivity index (χ0) is 18.3. The van der Waals surface area contributed by atoms with Crippen LogP contribution in [0.15, 0.2) is 60.9 Å². The molecule has 0 aliphatic carbocycles. The quantitative estimate of drug-likeness (QED) is 0.500. The smallest absolute Gasteiger partial charge is 0.137 e. The van der Waals surface area contributed by atoms with E-state index in [1.165, 1.54) is 12.1 Å². The van der Waals surface area contributed by atoms with Gasteiger partial charge in [0.2, 0.25) is 0 Å². The number of halogens is 3. The fourth-order valence-corrected chi connectivity index (χ4v) is 3.55. The van der Waals surface area contributed by atoms with E-state index in [1.54, 1.807) is 24.4 Å². The van der Waals surface area contributed by atoms with Crippen molar-refractivity contribution in [3.8, 4) is 22.4 Å². The minimum atomic E-state index is -0.294. The highest BCUT2D eigenvalue weighted by Crippen LogP contribution is 2.34. The molecule has 0 amide bonds. The molecule has 0 saturated heterocycles. The number of aromatic nitrogens is 2. The molecule has 0 atom stereocenters. The summed E-state index contributed by atoms with van der Waals surface area (Å²) in [5.74, 6) is -0.294. The van der Waals surface area contributed by atoms with Gasteiger partial charge in [-0.2, -0.15) is 0 Å². The Bertz CT molecular complexity index is 1120. The third-order valence-electron chi connectivity index (χ3n) is 4.29. The van der Waals surface area contributed by atoms with Crippen LogP contribution in [0, 0.1) is 5.82 Å². The van der Waals surface area contributed by atoms with Gasteiger partial charge in [-0.05, 0) is 35.9 Å². The monoisotopic (exact) mass is 385 g/mol. The summed E-state index contributed by atoms with van der Waals surface area (Å²) in [4.78, 5) is 4.44. The van der Waals surface area contributed by atoms with Crippen molar-refractivity contribution >= 4 is 28.8 Å². The molecular weight excluding hydrogens is 372 g/mol. The predicted octanol–water partition coefficient (Wildman–Crippen LogP) is 5.57. The summed E-state index contributed by atoms with van der Waals surface area (Å²) < 4.78 is 15.5. The Kier molecular flexibility index (Phi) is 4.41. The fraction of sp³-hybridized carbons (Fsp3) is 0.0500. The molecule has 2 N–H and O–H groups in total. The van der Waals surface area contributed by atoms with E-state index in [0.717, 1.165) is 33.6 Å². The molecule has 3 nitrogen and oxygen atoms in total. The molecule has 6 heteroatoms. The predicted molar refractivity (Wildman–Crippen MR) is 104 cm³/mol. The normalized spacial score (nSPS) is 11.2. The van der Waals surface area contributed by atoms with Gasteiger partial charge in [0.25, 0.3) is 0 Å². The Balaban J connectivity index is 1.97. The molecule has 130 valence electrons. The number of pyridine rings is 1. The third-order valence-corrected chi connectivity index (χ3v) is 4.84. The largest absolute Gasteiger partial charge is 0.326 e. The number of imidazole rings is 1. The molecule has 0 aliphatic heterocycles. The number of hydrogen-bond donors (Lipinski definition) is 1. The summed E-state index contributed by atoms with van der Waals surface area (Å²) in [5, 5.41) is 1.11. The van der Waals surface area contributed by atoms with Gasteiger partial charge in [0.15, 0.2) is 0 Å². The molecule has 0 saturated carbocycles. The zero-order valence-electron chi connectivity index (χ0n) is 13.6. The Morgan fingerprint density at radius 3 is 2.62 bits per heavy atom. The van der Waals surface area contributed by atoms with Crippen LogP contribution in [-0.2, 0) is 6.54 Å². The van der Waals surface area contributed by atoms with E-state index in [2.05, 4.69) is 4.98 Å². The first kappa shape index (κ1) is 17.0. The third kappa shape index (κ3) is 2.97. The van der Waals surface area contributed by atoms with Crippen molar-refractivity contribution in [2.45, 2.75) is 6.54 Å². The molecule has 0 aliphatic rings. The van der Waals surface area contributed by atoms with Gasteiger partial charge in [0.1, 0.15) is 11.5 Å². The van der Waals surface area contributed by atoms with Crippen LogP contribution in [0.25, 0.3) is 28.0 Å². The standard InChI is InChI=1S/C20H14Cl2FN3/c21-14-4-5-16(18(22)8-14)17-11-26-19(12-2-1-3-15(23)6-12)10-25-20(26)7-13(17)9-24/h1-8,10-11H,9,24H2. The fourth-order valence-electron chi connectivity index (χ4n) is 3.04. The molecule has 26 heavy (non-hydrogen) atoms. The lowest BCUT2D eigenvalue weighted by Gasteiger charge is -2.12. The van der Waals surface area contributed by atoms with Gasteiger partial charge in [-0.1, -0.05) is 41.4 Å². The average molecular weight is 386 g/mol. The van der Waals surface area contributed by atoms with Gasteiger partial charge < -0.3 is 5.73 Å². The molecule has 2 aromatic heterocycles. The Morgan fingerprint density at radius 1 is 1.04 bits per heavy atom. The van der Waals surface area contributed by atoms with Crippen molar-refractivity contribution in [1.82, 2.24) is 9.38 Å². The average Bonchev–Trinajstić information content (AvgIpc) is 3.03. The topological polar surface area (TPSA) is 43.3 Å². The van der Waals surface area contributed by atoms with E-state index in [1.807, 2.05) is 28.8 Å². The molecular formula is C20H14Cl2FN3. The van der Waals surface area contributed by atoms with Crippen molar-refractivity contribution < 1.29 is 4.39 Å². The van der Waals surface area contributed by atoms with Crippen LogP contribution < -0.4 is 5.73 Å². The van der Waals surface area contributed by atoms with Crippen LogP contribution in [0.4, 0.5) is 4.39 Å². The second kappa shape index (κ2) is 6.72. The molecule has 4 aromatic rings. The molecule has 0 unspecified atom stereocenters. The highest BCUT2D eigenvalue weighted by molar-refractivity contribution is 6.36. The van der Waals surface area contributed by atoms with Crippen LogP contribution in [0.5, 0.6) is 0 Å². The van der Waals surface area contributed by atoms with Gasteiger partial charge in [-0.3, -0.25) is 4.40 Å². The highest BCUT2D eigenvalue weighted by atomic mass is 35.5. The maximum atomic E-state index is 13.6. The minimum Gasteiger partial charge on any atom is -0.326 e. The van der Waals surface area contributed by atoms with Crippen molar-refractivity contribution in [2.24, 2.45) is 5.73 Å². The van der Waals surface area contributed by atoms with Crippen LogP contribution in [0.3, 0.4) is 0 Å². The summed E-state index contributed by atoms with van der Waals surface area (Å²) in [6.07, 6.45) is 3.65. The summed E-state index contributed by atoms with van der Waals surface area (Å²) >= 11 is 12.4. The van der Waals surface area contributed by atoms with Gasteiger partial charge in [0.05, 0.1) is 11.9 Å². The van der Waals surface area contributed by atoms with E-state index < -0.39 is 0 Å². The molecule has 0 bridgehead atoms. The molecule has 0 spiro atoms. The van der Waals surface area contributed by atoms with E-state index >= 15 is 0 Å². The van der Waals surface area contributed by atoms with Crippen molar-refractivity contribution in [3.05, 3.63) is 82.4 Å². The SMILES string of the molecule is NCc1cc2ncc(-c3cccc(F)c3)n2cc1-c1ccc(Cl)cc1Cl. The first-order valence-electron chi connectivity index (χ1n) is 7.98. The van der Waals surface area contributed by atoms with Gasteiger partial charge in [0, 0.05) is 39.5 Å². The lowest BCUT2D eigenvalue weighted by atomic mass is 10.0. The summed E-state index contributed by atoms with van der Waals surface area (Å²) in [5.41, 5.74) is 10.8. The number of rotatable bonds is 3. The van der Waals surface area contributed by atoms with Crippen molar-refractivity contribution in [3.63, 3.8) is 0 Å². The number of benzene rings is 2. The number of hydrogen-bond acceptors (Lipinski definition) is 2. The summed E-state index contributed by atoms with van der Waals surface area (Å²) in [6.45, 7) is 0.340. The maximum absolute atomic E-state index is 13.6. The van der Waals surface area contributed by atoms with Crippen LogP contribution >= 0.6 is 23.2 Å². The second-order valence-corrected chi connectivity index (χ2v) is 6.77. The summed E-state index contributed by atoms with van der Waals surface area (Å²) in [6, 6.07) is 13.7. The molecule has 2 aromatic carbocycles. The first-order chi connectivity index (χ1) is 12.6. The van der Waals surface area contributed by atoms with E-state index in [4.69, 9.17) is 28.9 Å². The van der Waals surface area contributed by atoms with Crippen molar-refractivity contribution in [2.75, 3.05) is 0 Å². The lowest BCUT2D eigenvalue weighted by Crippen LogP contribution is -2.02. The van der Waals surface area contributed by atoms with E-state index in [-0.39, 0.29) is 5.82 Å². The first-order valence-corrected chi connectivity index (χ1v) is 8.74. The van der Waals surface area contributed by atoms with Crippen LogP contribution in [-0.4, -0.2) is 9.38 Å². The Labute approximate surface area is 159 Å². The van der Waals surface area contributed by atoms with E-state index in [9.17, 15) is 4.39 Å². The Hall–Kier alpha value is -2.40. The molecule has 0 fully saturated rings. The zero-order valence-corrected chi connectivity index (χ0v) is 15.1.